The number of hydrogen-bond donors (Lipinski definition) is 1. The van der Waals surface area contributed by atoms with Crippen LogP contribution in [-0.4, -0.2) is 22.1 Å². The second kappa shape index (κ2) is 5.73. The second-order valence-corrected chi connectivity index (χ2v) is 4.54. The van der Waals surface area contributed by atoms with Crippen molar-refractivity contribution in [3.63, 3.8) is 0 Å². The molecule has 5 nitrogen and oxygen atoms in total. The van der Waals surface area contributed by atoms with Gasteiger partial charge >= 0.3 is 5.97 Å². The highest BCUT2D eigenvalue weighted by molar-refractivity contribution is 5.91. The lowest BCUT2D eigenvalue weighted by Gasteiger charge is -2.08. The van der Waals surface area contributed by atoms with Gasteiger partial charge in [0.1, 0.15) is 11.6 Å². The smallest absolute Gasteiger partial charge is 0.341 e. The number of carbonyl (C=O) groups excluding carboxylic acids is 1. The third-order valence-electron chi connectivity index (χ3n) is 2.98. The number of halogens is 1. The van der Waals surface area contributed by atoms with Crippen molar-refractivity contribution in [2.24, 2.45) is 7.05 Å². The fourth-order valence-corrected chi connectivity index (χ4v) is 1.90. The van der Waals surface area contributed by atoms with Crippen LogP contribution in [0.25, 0.3) is 0 Å². The lowest BCUT2D eigenvalue weighted by molar-refractivity contribution is 0.0501. The monoisotopic (exact) mass is 277 g/mol. The summed E-state index contributed by atoms with van der Waals surface area (Å²) in [7, 11) is 1.85. The van der Waals surface area contributed by atoms with Crippen LogP contribution in [0.4, 0.5) is 10.1 Å². The minimum atomic E-state index is -0.716. The summed E-state index contributed by atoms with van der Waals surface area (Å²) in [6.45, 7) is 1.69. The van der Waals surface area contributed by atoms with Crippen molar-refractivity contribution in [3.05, 3.63) is 47.3 Å². The zero-order chi connectivity index (χ0) is 14.7. The number of hydrogen-bond acceptors (Lipinski definition) is 4. The van der Waals surface area contributed by atoms with Gasteiger partial charge in [-0.25, -0.2) is 14.2 Å². The predicted molar refractivity (Wildman–Crippen MR) is 72.7 cm³/mol. The molecule has 0 radical (unpaired) electrons. The molecule has 0 unspecified atom stereocenters. The maximum Gasteiger partial charge on any atom is 0.341 e. The van der Waals surface area contributed by atoms with Gasteiger partial charge < -0.3 is 15.0 Å². The van der Waals surface area contributed by atoms with E-state index in [0.29, 0.717) is 17.7 Å². The van der Waals surface area contributed by atoms with Crippen LogP contribution >= 0.6 is 0 Å². The Hall–Kier alpha value is -2.37. The Morgan fingerprint density at radius 2 is 2.25 bits per heavy atom. The number of rotatable bonds is 4. The molecule has 6 heteroatoms. The summed E-state index contributed by atoms with van der Waals surface area (Å²) in [6.07, 6.45) is 3.94. The molecule has 0 bridgehead atoms. The van der Waals surface area contributed by atoms with Crippen LogP contribution in [0.5, 0.6) is 0 Å². The average molecular weight is 277 g/mol. The summed E-state index contributed by atoms with van der Waals surface area (Å²) in [5.41, 5.74) is 6.12. The lowest BCUT2D eigenvalue weighted by Crippen LogP contribution is -2.12. The first-order chi connectivity index (χ1) is 9.49. The van der Waals surface area contributed by atoms with E-state index in [1.807, 2.05) is 11.6 Å². The number of ether oxygens (including phenoxy) is 1. The molecule has 0 aliphatic rings. The van der Waals surface area contributed by atoms with Gasteiger partial charge in [-0.1, -0.05) is 0 Å². The zero-order valence-electron chi connectivity index (χ0n) is 11.4. The van der Waals surface area contributed by atoms with E-state index < -0.39 is 11.8 Å². The Kier molecular flexibility index (Phi) is 4.02. The summed E-state index contributed by atoms with van der Waals surface area (Å²) in [6, 6.07) is 2.76. The summed E-state index contributed by atoms with van der Waals surface area (Å²) < 4.78 is 20.7. The van der Waals surface area contributed by atoms with Gasteiger partial charge in [0, 0.05) is 31.5 Å². The number of benzene rings is 1. The van der Waals surface area contributed by atoms with Gasteiger partial charge in [0.15, 0.2) is 0 Å². The highest BCUT2D eigenvalue weighted by Gasteiger charge is 2.16. The van der Waals surface area contributed by atoms with Crippen LogP contribution in [0.3, 0.4) is 0 Å². The van der Waals surface area contributed by atoms with E-state index in [-0.39, 0.29) is 12.2 Å². The number of anilines is 1. The van der Waals surface area contributed by atoms with Crippen LogP contribution in [0.1, 0.15) is 21.7 Å². The van der Waals surface area contributed by atoms with E-state index in [1.165, 1.54) is 12.1 Å². The van der Waals surface area contributed by atoms with Gasteiger partial charge in [-0.3, -0.25) is 0 Å². The molecule has 0 spiro atoms. The first kappa shape index (κ1) is 14.0. The highest BCUT2D eigenvalue weighted by atomic mass is 19.1. The molecular weight excluding hydrogens is 261 g/mol. The van der Waals surface area contributed by atoms with Gasteiger partial charge in [-0.05, 0) is 24.6 Å². The van der Waals surface area contributed by atoms with Crippen LogP contribution in [0.15, 0.2) is 24.5 Å². The third-order valence-corrected chi connectivity index (χ3v) is 2.98. The van der Waals surface area contributed by atoms with Crippen LogP contribution in [0, 0.1) is 12.7 Å². The van der Waals surface area contributed by atoms with Gasteiger partial charge in [0.05, 0.1) is 12.2 Å². The van der Waals surface area contributed by atoms with E-state index in [4.69, 9.17) is 10.5 Å². The number of nitrogens with two attached hydrogens (primary N) is 1. The Morgan fingerprint density at radius 3 is 2.90 bits per heavy atom. The Bertz CT molecular complexity index is 637. The molecule has 106 valence electrons. The maximum absolute atomic E-state index is 13.8. The molecule has 0 saturated carbocycles. The van der Waals surface area contributed by atoms with Gasteiger partial charge in [-0.15, -0.1) is 0 Å². The summed E-state index contributed by atoms with van der Waals surface area (Å²) in [4.78, 5) is 15.9. The maximum atomic E-state index is 13.8. The van der Waals surface area contributed by atoms with Crippen LogP contribution < -0.4 is 5.73 Å². The fourth-order valence-electron chi connectivity index (χ4n) is 1.90. The molecule has 1 aromatic heterocycles. The molecule has 1 aromatic carbocycles. The molecule has 0 fully saturated rings. The molecule has 2 N–H and O–H groups in total. The number of aryl methyl sites for hydroxylation is 2. The Morgan fingerprint density at radius 1 is 1.50 bits per heavy atom. The second-order valence-electron chi connectivity index (χ2n) is 4.54. The van der Waals surface area contributed by atoms with Crippen molar-refractivity contribution in [2.75, 3.05) is 12.3 Å². The Balaban J connectivity index is 2.01. The molecule has 2 aromatic rings. The standard InChI is InChI=1S/C14H16FN3O2/c1-9-7-10(16)8-11(13(9)15)14(19)20-6-3-12-17-4-5-18(12)2/h4-5,7-8H,3,6,16H2,1-2H3. The van der Waals surface area contributed by atoms with E-state index >= 15 is 0 Å². The van der Waals surface area contributed by atoms with Crippen LogP contribution in [-0.2, 0) is 18.2 Å². The summed E-state index contributed by atoms with van der Waals surface area (Å²) in [5, 5.41) is 0. The SMILES string of the molecule is Cc1cc(N)cc(C(=O)OCCc2nccn2C)c1F. The van der Waals surface area contributed by atoms with E-state index in [1.54, 1.807) is 19.3 Å². The van der Waals surface area contributed by atoms with Crippen molar-refractivity contribution >= 4 is 11.7 Å². The molecule has 0 atom stereocenters. The summed E-state index contributed by atoms with van der Waals surface area (Å²) >= 11 is 0. The minimum Gasteiger partial charge on any atom is -0.462 e. The fraction of sp³-hybridized carbons (Fsp3) is 0.286. The molecule has 0 aliphatic heterocycles. The quantitative estimate of drug-likeness (QED) is 0.684. The highest BCUT2D eigenvalue weighted by Crippen LogP contribution is 2.18. The molecule has 0 saturated heterocycles. The predicted octanol–water partition coefficient (Wildman–Crippen LogP) is 1.85. The number of imidazole rings is 1. The minimum absolute atomic E-state index is 0.136. The van der Waals surface area contributed by atoms with Crippen molar-refractivity contribution in [2.45, 2.75) is 13.3 Å². The van der Waals surface area contributed by atoms with E-state index in [0.717, 1.165) is 5.82 Å². The van der Waals surface area contributed by atoms with Gasteiger partial charge in [0.2, 0.25) is 0 Å². The zero-order valence-corrected chi connectivity index (χ0v) is 11.4. The molecule has 1 heterocycles. The molecule has 0 amide bonds. The normalized spacial score (nSPS) is 10.6. The van der Waals surface area contributed by atoms with E-state index in [9.17, 15) is 9.18 Å². The van der Waals surface area contributed by atoms with Crippen molar-refractivity contribution < 1.29 is 13.9 Å². The number of esters is 1. The first-order valence-electron chi connectivity index (χ1n) is 6.18. The van der Waals surface area contributed by atoms with Crippen LogP contribution in [0.2, 0.25) is 0 Å². The van der Waals surface area contributed by atoms with E-state index in [2.05, 4.69) is 4.98 Å². The van der Waals surface area contributed by atoms with Crippen molar-refractivity contribution in [1.82, 2.24) is 9.55 Å². The van der Waals surface area contributed by atoms with Gasteiger partial charge in [-0.2, -0.15) is 0 Å². The number of aromatic nitrogens is 2. The lowest BCUT2D eigenvalue weighted by atomic mass is 10.1. The van der Waals surface area contributed by atoms with Crippen molar-refractivity contribution in [3.8, 4) is 0 Å². The topological polar surface area (TPSA) is 70.1 Å². The molecule has 0 aliphatic carbocycles. The molecule has 2 rings (SSSR count). The largest absolute Gasteiger partial charge is 0.462 e. The van der Waals surface area contributed by atoms with Gasteiger partial charge in [0.25, 0.3) is 0 Å². The first-order valence-corrected chi connectivity index (χ1v) is 6.18. The molecule has 20 heavy (non-hydrogen) atoms. The third kappa shape index (κ3) is 2.96. The van der Waals surface area contributed by atoms with Crippen molar-refractivity contribution in [1.29, 1.82) is 0 Å². The number of carbonyl (C=O) groups is 1. The average Bonchev–Trinajstić information content (AvgIpc) is 2.79. The summed E-state index contributed by atoms with van der Waals surface area (Å²) in [5.74, 6) is -0.518. The number of nitrogen functional groups attached to an aromatic ring is 1. The molecular formula is C14H16FN3O2. The Labute approximate surface area is 116 Å². The number of nitrogens with zero attached hydrogens (tertiary/aromatic N) is 2.